The summed E-state index contributed by atoms with van der Waals surface area (Å²) in [5.41, 5.74) is 2.73. The summed E-state index contributed by atoms with van der Waals surface area (Å²) in [5, 5.41) is 3.16. The molecular weight excluding hydrogens is 595 g/mol. The van der Waals surface area contributed by atoms with Crippen molar-refractivity contribution in [3.63, 3.8) is 0 Å². The van der Waals surface area contributed by atoms with Gasteiger partial charge in [0.05, 0.1) is 40.7 Å². The summed E-state index contributed by atoms with van der Waals surface area (Å²) in [6, 6.07) is 15.3. The highest BCUT2D eigenvalue weighted by Gasteiger charge is 2.36. The van der Waals surface area contributed by atoms with Crippen molar-refractivity contribution < 1.29 is 26.0 Å². The van der Waals surface area contributed by atoms with Gasteiger partial charge in [-0.05, 0) is 60.4 Å². The molecule has 1 saturated heterocycles. The summed E-state index contributed by atoms with van der Waals surface area (Å²) in [6.45, 7) is 6.05. The average Bonchev–Trinajstić information content (AvgIpc) is 3.24. The van der Waals surface area contributed by atoms with Crippen LogP contribution in [0.5, 0.6) is 5.88 Å². The molecule has 1 N–H and O–H groups in total. The molecule has 0 amide bonds. The number of nitrogens with one attached hydrogen (secondary N) is 1. The Bertz CT molecular complexity index is 2170. The number of aromatic amines is 1. The SMILES string of the molecule is Cc1ccc(S(=O)(=O)n2[nH]c(=O)c3cc4c(-c5ccc(F)cc5)c(C(C)C)c(OC5CN(S(C)(=O)=O)C5)nc4cc32)cc1. The predicted octanol–water partition coefficient (Wildman–Crippen LogP) is 4.38. The molecule has 6 rings (SSSR count). The lowest BCUT2D eigenvalue weighted by Crippen LogP contribution is -2.55. The van der Waals surface area contributed by atoms with Crippen LogP contribution >= 0.6 is 0 Å². The Hall–Kier alpha value is -4.07. The van der Waals surface area contributed by atoms with Gasteiger partial charge in [-0.1, -0.05) is 43.7 Å². The standard InChI is InChI=1S/C30H29FN4O6S2/c1-17(2)27-28(19-7-9-20(31)10-8-19)23-13-24-26(14-25(23)32-30(27)41-21-15-34(16-21)42(4,37)38)35(33-29(24)36)43(39,40)22-11-5-18(3)6-12-22/h5-14,17,21H,15-16H2,1-4H3,(H,33,36). The van der Waals surface area contributed by atoms with Crippen LogP contribution in [0.1, 0.15) is 30.9 Å². The van der Waals surface area contributed by atoms with Crippen molar-refractivity contribution in [2.24, 2.45) is 0 Å². The number of rotatable bonds is 7. The van der Waals surface area contributed by atoms with Gasteiger partial charge in [0.1, 0.15) is 11.9 Å². The first kappa shape index (κ1) is 29.0. The van der Waals surface area contributed by atoms with Gasteiger partial charge in [0.15, 0.2) is 0 Å². The van der Waals surface area contributed by atoms with Gasteiger partial charge in [-0.25, -0.2) is 22.9 Å². The van der Waals surface area contributed by atoms with Crippen molar-refractivity contribution in [3.05, 3.63) is 88.0 Å². The zero-order valence-corrected chi connectivity index (χ0v) is 25.5. The van der Waals surface area contributed by atoms with Gasteiger partial charge in [-0.15, -0.1) is 0 Å². The number of aromatic nitrogens is 3. The Morgan fingerprint density at radius 3 is 2.23 bits per heavy atom. The number of benzene rings is 3. The van der Waals surface area contributed by atoms with Crippen molar-refractivity contribution in [3.8, 4) is 17.0 Å². The molecule has 0 bridgehead atoms. The average molecular weight is 625 g/mol. The lowest BCUT2D eigenvalue weighted by atomic mass is 9.90. The number of sulfonamides is 1. The maximum atomic E-state index is 14.0. The van der Waals surface area contributed by atoms with E-state index in [0.717, 1.165) is 15.9 Å². The van der Waals surface area contributed by atoms with Gasteiger partial charge < -0.3 is 4.74 Å². The van der Waals surface area contributed by atoms with E-state index >= 15 is 0 Å². The van der Waals surface area contributed by atoms with E-state index in [9.17, 15) is 26.0 Å². The van der Waals surface area contributed by atoms with E-state index in [0.29, 0.717) is 27.6 Å². The number of nitrogens with zero attached hydrogens (tertiary/aromatic N) is 3. The van der Waals surface area contributed by atoms with Crippen LogP contribution in [-0.4, -0.2) is 60.8 Å². The van der Waals surface area contributed by atoms with Crippen LogP contribution in [0.3, 0.4) is 0 Å². The molecule has 5 aromatic rings. The molecule has 1 aliphatic rings. The lowest BCUT2D eigenvalue weighted by molar-refractivity contribution is 0.0718. The van der Waals surface area contributed by atoms with Crippen molar-refractivity contribution >= 4 is 41.9 Å². The molecule has 13 heteroatoms. The lowest BCUT2D eigenvalue weighted by Gasteiger charge is -2.37. The largest absolute Gasteiger partial charge is 0.471 e. The molecule has 0 radical (unpaired) electrons. The summed E-state index contributed by atoms with van der Waals surface area (Å²) in [7, 11) is -7.53. The van der Waals surface area contributed by atoms with Crippen LogP contribution in [-0.2, 0) is 20.0 Å². The number of aryl methyl sites for hydroxylation is 1. The second-order valence-corrected chi connectivity index (χ2v) is 14.9. The Balaban J connectivity index is 1.60. The summed E-state index contributed by atoms with van der Waals surface area (Å²) in [5.74, 6) is -0.305. The third kappa shape index (κ3) is 5.11. The molecular formula is C30H29FN4O6S2. The molecule has 0 unspecified atom stereocenters. The zero-order valence-electron chi connectivity index (χ0n) is 23.8. The second kappa shape index (κ2) is 10.3. The van der Waals surface area contributed by atoms with E-state index < -0.39 is 37.5 Å². The maximum Gasteiger partial charge on any atom is 0.281 e. The van der Waals surface area contributed by atoms with Crippen molar-refractivity contribution in [1.29, 1.82) is 0 Å². The molecule has 224 valence electrons. The minimum Gasteiger partial charge on any atom is -0.471 e. The molecule has 0 saturated carbocycles. The Morgan fingerprint density at radius 1 is 0.977 bits per heavy atom. The first-order chi connectivity index (χ1) is 20.2. The van der Waals surface area contributed by atoms with Crippen LogP contribution in [0.4, 0.5) is 4.39 Å². The maximum absolute atomic E-state index is 14.0. The normalized spacial score (nSPS) is 14.9. The quantitative estimate of drug-likeness (QED) is 0.284. The molecule has 10 nitrogen and oxygen atoms in total. The Labute approximate surface area is 247 Å². The van der Waals surface area contributed by atoms with Crippen LogP contribution in [0, 0.1) is 12.7 Å². The molecule has 1 aliphatic heterocycles. The highest BCUT2D eigenvalue weighted by molar-refractivity contribution is 7.90. The smallest absolute Gasteiger partial charge is 0.281 e. The first-order valence-electron chi connectivity index (χ1n) is 13.6. The Kier molecular flexibility index (Phi) is 6.94. The number of pyridine rings is 1. The van der Waals surface area contributed by atoms with E-state index in [1.807, 2.05) is 20.8 Å². The molecule has 3 aromatic carbocycles. The molecule has 0 aliphatic carbocycles. The minimum atomic E-state index is -4.16. The first-order valence-corrected chi connectivity index (χ1v) is 16.8. The number of H-pyrrole nitrogens is 1. The van der Waals surface area contributed by atoms with E-state index in [1.165, 1.54) is 34.6 Å². The molecule has 0 atom stereocenters. The number of halogens is 1. The topological polar surface area (TPSA) is 131 Å². The van der Waals surface area contributed by atoms with Gasteiger partial charge in [-0.3, -0.25) is 4.79 Å². The highest BCUT2D eigenvalue weighted by atomic mass is 32.2. The van der Waals surface area contributed by atoms with E-state index in [4.69, 9.17) is 9.72 Å². The Morgan fingerprint density at radius 2 is 1.63 bits per heavy atom. The molecule has 1 fully saturated rings. The predicted molar refractivity (Wildman–Crippen MR) is 162 cm³/mol. The second-order valence-electron chi connectivity index (χ2n) is 11.1. The van der Waals surface area contributed by atoms with Gasteiger partial charge in [0.25, 0.3) is 15.6 Å². The fourth-order valence-corrected chi connectivity index (χ4v) is 7.49. The van der Waals surface area contributed by atoms with Crippen molar-refractivity contribution in [1.82, 2.24) is 18.5 Å². The zero-order chi connectivity index (χ0) is 30.8. The van der Waals surface area contributed by atoms with Gasteiger partial charge in [0.2, 0.25) is 15.9 Å². The summed E-state index contributed by atoms with van der Waals surface area (Å²) < 4.78 is 73.4. The third-order valence-corrected chi connectivity index (χ3v) is 10.5. The van der Waals surface area contributed by atoms with E-state index in [2.05, 4.69) is 5.10 Å². The number of hydrogen-bond donors (Lipinski definition) is 1. The van der Waals surface area contributed by atoms with E-state index in [-0.39, 0.29) is 40.7 Å². The monoisotopic (exact) mass is 624 g/mol. The van der Waals surface area contributed by atoms with Crippen LogP contribution in [0.2, 0.25) is 0 Å². The molecule has 2 aromatic heterocycles. The van der Waals surface area contributed by atoms with Crippen LogP contribution < -0.4 is 10.3 Å². The van der Waals surface area contributed by atoms with Gasteiger partial charge in [-0.2, -0.15) is 16.8 Å². The fourth-order valence-electron chi connectivity index (χ4n) is 5.32. The summed E-state index contributed by atoms with van der Waals surface area (Å²) >= 11 is 0. The fraction of sp³-hybridized carbons (Fsp3) is 0.267. The summed E-state index contributed by atoms with van der Waals surface area (Å²) in [4.78, 5) is 18.0. The highest BCUT2D eigenvalue weighted by Crippen LogP contribution is 2.42. The summed E-state index contributed by atoms with van der Waals surface area (Å²) in [6.07, 6.45) is 0.685. The molecule has 3 heterocycles. The minimum absolute atomic E-state index is 0.00546. The van der Waals surface area contributed by atoms with Crippen molar-refractivity contribution in [2.45, 2.75) is 37.7 Å². The van der Waals surface area contributed by atoms with Gasteiger partial charge >= 0.3 is 0 Å². The molecule has 43 heavy (non-hydrogen) atoms. The third-order valence-electron chi connectivity index (χ3n) is 7.60. The molecule has 0 spiro atoms. The number of ether oxygens (including phenoxy) is 1. The van der Waals surface area contributed by atoms with Crippen LogP contribution in [0.25, 0.3) is 32.9 Å². The number of hydrogen-bond acceptors (Lipinski definition) is 7. The van der Waals surface area contributed by atoms with Crippen LogP contribution in [0.15, 0.2) is 70.4 Å². The van der Waals surface area contributed by atoms with Gasteiger partial charge in [0, 0.05) is 10.9 Å². The van der Waals surface area contributed by atoms with E-state index in [1.54, 1.807) is 30.3 Å². The number of fused-ring (bicyclic) bond motifs is 2. The van der Waals surface area contributed by atoms with Crippen molar-refractivity contribution in [2.75, 3.05) is 19.3 Å².